The van der Waals surface area contributed by atoms with Crippen LogP contribution < -0.4 is 15.4 Å². The summed E-state index contributed by atoms with van der Waals surface area (Å²) in [6.45, 7) is 2.44. The number of benzene rings is 2. The number of hydrogen-bond donors (Lipinski definition) is 2. The lowest BCUT2D eigenvalue weighted by Gasteiger charge is -2.16. The number of para-hydroxylation sites is 2. The molecule has 2 N–H and O–H groups in total. The van der Waals surface area contributed by atoms with Crippen LogP contribution in [-0.4, -0.2) is 25.6 Å². The molecule has 0 heterocycles. The van der Waals surface area contributed by atoms with Gasteiger partial charge in [0.1, 0.15) is 5.75 Å². The molecular weight excluding hydrogens is 357 g/mol. The van der Waals surface area contributed by atoms with Crippen LogP contribution in [0.5, 0.6) is 5.75 Å². The van der Waals surface area contributed by atoms with Gasteiger partial charge in [-0.15, -0.1) is 0 Å². The Labute approximate surface area is 156 Å². The number of carbonyl (C=O) groups is 1. The van der Waals surface area contributed by atoms with E-state index < -0.39 is 17.6 Å². The molecule has 2 aromatic carbocycles. The van der Waals surface area contributed by atoms with Crippen LogP contribution in [0.3, 0.4) is 0 Å². The van der Waals surface area contributed by atoms with Gasteiger partial charge >= 0.3 is 6.18 Å². The maximum atomic E-state index is 13.0. The van der Waals surface area contributed by atoms with Gasteiger partial charge in [0.2, 0.25) is 5.91 Å². The van der Waals surface area contributed by atoms with Crippen molar-refractivity contribution >= 4 is 11.6 Å². The normalized spacial score (nSPS) is 12.5. The highest BCUT2D eigenvalue weighted by molar-refractivity contribution is 5.92. The zero-order valence-corrected chi connectivity index (χ0v) is 15.3. The molecule has 0 spiro atoms. The van der Waals surface area contributed by atoms with Crippen molar-refractivity contribution in [1.29, 1.82) is 0 Å². The van der Waals surface area contributed by atoms with Crippen LogP contribution in [0.25, 0.3) is 0 Å². The summed E-state index contributed by atoms with van der Waals surface area (Å²) in [6, 6.07) is 12.4. The Morgan fingerprint density at radius 1 is 1.11 bits per heavy atom. The van der Waals surface area contributed by atoms with E-state index in [9.17, 15) is 18.0 Å². The molecular formula is C20H23F3N2O2. The molecule has 0 bridgehead atoms. The number of halogens is 3. The third kappa shape index (κ3) is 6.29. The Morgan fingerprint density at radius 2 is 1.78 bits per heavy atom. The van der Waals surface area contributed by atoms with E-state index in [-0.39, 0.29) is 18.2 Å². The fourth-order valence-electron chi connectivity index (χ4n) is 2.75. The number of hydrogen-bond acceptors (Lipinski definition) is 3. The topological polar surface area (TPSA) is 50.4 Å². The minimum atomic E-state index is -4.51. The number of ether oxygens (including phenoxy) is 1. The molecule has 0 aliphatic heterocycles. The molecule has 146 valence electrons. The zero-order valence-electron chi connectivity index (χ0n) is 15.3. The number of amides is 1. The average Bonchev–Trinajstić information content (AvgIpc) is 2.61. The van der Waals surface area contributed by atoms with E-state index in [1.807, 2.05) is 31.2 Å². The van der Waals surface area contributed by atoms with Gasteiger partial charge in [0.15, 0.2) is 0 Å². The highest BCUT2D eigenvalue weighted by Crippen LogP contribution is 2.34. The number of carbonyl (C=O) groups excluding carboxylic acids is 1. The van der Waals surface area contributed by atoms with E-state index in [0.29, 0.717) is 13.0 Å². The highest BCUT2D eigenvalue weighted by atomic mass is 19.4. The van der Waals surface area contributed by atoms with Gasteiger partial charge in [0.05, 0.1) is 18.4 Å². The van der Waals surface area contributed by atoms with Crippen molar-refractivity contribution in [3.8, 4) is 5.75 Å². The minimum absolute atomic E-state index is 0.0676. The first-order valence-corrected chi connectivity index (χ1v) is 8.62. The molecule has 2 aromatic rings. The molecule has 1 atom stereocenters. The molecule has 7 heteroatoms. The van der Waals surface area contributed by atoms with Gasteiger partial charge in [-0.1, -0.05) is 30.3 Å². The highest BCUT2D eigenvalue weighted by Gasteiger charge is 2.33. The van der Waals surface area contributed by atoms with Crippen molar-refractivity contribution in [1.82, 2.24) is 5.32 Å². The lowest BCUT2D eigenvalue weighted by Crippen LogP contribution is -2.32. The molecule has 0 saturated heterocycles. The third-order valence-electron chi connectivity index (χ3n) is 4.08. The Kier molecular flexibility index (Phi) is 7.24. The van der Waals surface area contributed by atoms with Gasteiger partial charge in [-0.3, -0.25) is 4.79 Å². The van der Waals surface area contributed by atoms with Crippen LogP contribution >= 0.6 is 0 Å². The van der Waals surface area contributed by atoms with Gasteiger partial charge in [0.25, 0.3) is 0 Å². The van der Waals surface area contributed by atoms with E-state index in [1.165, 1.54) is 18.2 Å². The second kappa shape index (κ2) is 9.41. The van der Waals surface area contributed by atoms with Crippen LogP contribution in [-0.2, 0) is 17.4 Å². The summed E-state index contributed by atoms with van der Waals surface area (Å²) in [5.41, 5.74) is -0.0328. The summed E-state index contributed by atoms with van der Waals surface area (Å²) in [6.07, 6.45) is -3.73. The number of nitrogens with one attached hydrogen (secondary N) is 2. The fourth-order valence-corrected chi connectivity index (χ4v) is 2.75. The first-order chi connectivity index (χ1) is 12.8. The van der Waals surface area contributed by atoms with Crippen molar-refractivity contribution < 1.29 is 22.7 Å². The van der Waals surface area contributed by atoms with Gasteiger partial charge in [-0.2, -0.15) is 13.2 Å². The summed E-state index contributed by atoms with van der Waals surface area (Å²) in [5, 5.41) is 5.56. The predicted molar refractivity (Wildman–Crippen MR) is 98.9 cm³/mol. The van der Waals surface area contributed by atoms with Gasteiger partial charge in [-0.05, 0) is 43.7 Å². The minimum Gasteiger partial charge on any atom is -0.496 e. The van der Waals surface area contributed by atoms with Crippen molar-refractivity contribution in [2.45, 2.75) is 32.0 Å². The van der Waals surface area contributed by atoms with E-state index in [1.54, 1.807) is 7.11 Å². The summed E-state index contributed by atoms with van der Waals surface area (Å²) in [4.78, 5) is 12.1. The third-order valence-corrected chi connectivity index (χ3v) is 4.08. The van der Waals surface area contributed by atoms with Crippen LogP contribution in [0.15, 0.2) is 48.5 Å². The van der Waals surface area contributed by atoms with Crippen LogP contribution in [0.4, 0.5) is 18.9 Å². The summed E-state index contributed by atoms with van der Waals surface area (Å²) < 4.78 is 44.2. The summed E-state index contributed by atoms with van der Waals surface area (Å²) >= 11 is 0. The van der Waals surface area contributed by atoms with E-state index in [0.717, 1.165) is 17.4 Å². The Hall–Kier alpha value is -2.54. The van der Waals surface area contributed by atoms with Crippen LogP contribution in [0, 0.1) is 0 Å². The van der Waals surface area contributed by atoms with Gasteiger partial charge in [-0.25, -0.2) is 0 Å². The van der Waals surface area contributed by atoms with Gasteiger partial charge < -0.3 is 15.4 Å². The van der Waals surface area contributed by atoms with Crippen molar-refractivity contribution in [3.05, 3.63) is 59.7 Å². The zero-order chi connectivity index (χ0) is 19.9. The quantitative estimate of drug-likeness (QED) is 0.719. The monoisotopic (exact) mass is 380 g/mol. The molecule has 0 aliphatic rings. The molecule has 0 radical (unpaired) electrons. The number of alkyl halides is 3. The maximum absolute atomic E-state index is 13.0. The SMILES string of the molecule is COc1ccccc1CCNC(C)CC(=O)Nc1ccccc1C(F)(F)F. The number of methoxy groups -OCH3 is 1. The van der Waals surface area contributed by atoms with Crippen LogP contribution in [0.1, 0.15) is 24.5 Å². The Morgan fingerprint density at radius 3 is 2.48 bits per heavy atom. The Balaban J connectivity index is 1.84. The first-order valence-electron chi connectivity index (χ1n) is 8.62. The Bertz CT molecular complexity index is 763. The van der Waals surface area contributed by atoms with Crippen LogP contribution in [0.2, 0.25) is 0 Å². The lowest BCUT2D eigenvalue weighted by atomic mass is 10.1. The molecule has 0 fully saturated rings. The smallest absolute Gasteiger partial charge is 0.418 e. The molecule has 27 heavy (non-hydrogen) atoms. The maximum Gasteiger partial charge on any atom is 0.418 e. The molecule has 0 saturated carbocycles. The van der Waals surface area contributed by atoms with Crippen molar-refractivity contribution in [2.24, 2.45) is 0 Å². The van der Waals surface area contributed by atoms with Gasteiger partial charge in [0, 0.05) is 12.5 Å². The molecule has 0 aromatic heterocycles. The average molecular weight is 380 g/mol. The number of anilines is 1. The largest absolute Gasteiger partial charge is 0.496 e. The van der Waals surface area contributed by atoms with E-state index >= 15 is 0 Å². The van der Waals surface area contributed by atoms with Crippen molar-refractivity contribution in [3.63, 3.8) is 0 Å². The predicted octanol–water partition coefficient (Wildman–Crippen LogP) is 4.26. The standard InChI is InChI=1S/C20H23F3N2O2/c1-14(24-12-11-15-7-3-6-10-18(15)27-2)13-19(26)25-17-9-5-4-8-16(17)20(21,22)23/h3-10,14,24H,11-13H2,1-2H3,(H,25,26). The number of rotatable bonds is 8. The summed E-state index contributed by atoms with van der Waals surface area (Å²) in [7, 11) is 1.61. The second-order valence-electron chi connectivity index (χ2n) is 6.21. The molecule has 1 unspecified atom stereocenters. The summed E-state index contributed by atoms with van der Waals surface area (Å²) in [5.74, 6) is 0.331. The second-order valence-corrected chi connectivity index (χ2v) is 6.21. The lowest BCUT2D eigenvalue weighted by molar-refractivity contribution is -0.137. The van der Waals surface area contributed by atoms with E-state index in [4.69, 9.17) is 4.74 Å². The van der Waals surface area contributed by atoms with E-state index in [2.05, 4.69) is 10.6 Å². The van der Waals surface area contributed by atoms with Crippen molar-refractivity contribution in [2.75, 3.05) is 19.0 Å². The molecule has 0 aliphatic carbocycles. The fraction of sp³-hybridized carbons (Fsp3) is 0.350. The molecule has 2 rings (SSSR count). The first kappa shape index (κ1) is 20.8. The molecule has 4 nitrogen and oxygen atoms in total. The molecule has 1 amide bonds.